The van der Waals surface area contributed by atoms with Crippen molar-refractivity contribution in [1.82, 2.24) is 9.88 Å². The number of carbonyl (C=O) groups is 1. The number of carboxylic acid groups (broad SMARTS) is 1. The first kappa shape index (κ1) is 17.3. The Morgan fingerprint density at radius 3 is 2.83 bits per heavy atom. The third-order valence-electron chi connectivity index (χ3n) is 5.20. The smallest absolute Gasteiger partial charge is 0.416 e. The predicted molar refractivity (Wildman–Crippen MR) is 98.2 cm³/mol. The fourth-order valence-electron chi connectivity index (χ4n) is 4.03. The first-order chi connectivity index (χ1) is 11.6. The van der Waals surface area contributed by atoms with Crippen LogP contribution in [-0.2, 0) is 0 Å². The lowest BCUT2D eigenvalue weighted by atomic mass is 9.77. The predicted octanol–water partition coefficient (Wildman–Crippen LogP) is 5.09. The molecule has 2 heterocycles. The molecule has 0 spiro atoms. The molecule has 130 valence electrons. The molecule has 2 aromatic rings. The Morgan fingerprint density at radius 1 is 1.42 bits per heavy atom. The van der Waals surface area contributed by atoms with Gasteiger partial charge in [-0.2, -0.15) is 0 Å². The van der Waals surface area contributed by atoms with Crippen molar-refractivity contribution in [1.29, 1.82) is 0 Å². The molecule has 3 rings (SSSR count). The van der Waals surface area contributed by atoms with Gasteiger partial charge in [0.2, 0.25) is 0 Å². The van der Waals surface area contributed by atoms with Gasteiger partial charge >= 0.3 is 6.09 Å². The van der Waals surface area contributed by atoms with Crippen molar-refractivity contribution >= 4 is 28.6 Å². The molecule has 1 aliphatic heterocycles. The molecule has 4 nitrogen and oxygen atoms in total. The monoisotopic (exact) mass is 348 g/mol. The zero-order chi connectivity index (χ0) is 17.1. The molecule has 1 aliphatic rings. The normalized spacial score (nSPS) is 17.2. The van der Waals surface area contributed by atoms with E-state index in [9.17, 15) is 9.90 Å². The molecule has 1 fully saturated rings. The number of fused-ring (bicyclic) bond motifs is 1. The van der Waals surface area contributed by atoms with Crippen LogP contribution >= 0.6 is 11.6 Å². The highest BCUT2D eigenvalue weighted by atomic mass is 35.5. The topological polar surface area (TPSA) is 54.3 Å². The van der Waals surface area contributed by atoms with E-state index in [2.05, 4.69) is 12.2 Å². The first-order valence-corrected chi connectivity index (χ1v) is 9.24. The van der Waals surface area contributed by atoms with Gasteiger partial charge in [-0.3, -0.25) is 4.57 Å². The van der Waals surface area contributed by atoms with Gasteiger partial charge in [0.15, 0.2) is 0 Å². The van der Waals surface area contributed by atoms with Gasteiger partial charge in [-0.1, -0.05) is 31.4 Å². The first-order valence-electron chi connectivity index (χ1n) is 8.86. The second-order valence-electron chi connectivity index (χ2n) is 6.74. The Hall–Kier alpha value is -1.52. The average molecular weight is 349 g/mol. The Bertz CT molecular complexity index is 719. The number of hydrogen-bond donors (Lipinski definition) is 2. The van der Waals surface area contributed by atoms with E-state index in [0.717, 1.165) is 61.7 Å². The van der Waals surface area contributed by atoms with E-state index in [4.69, 9.17) is 11.6 Å². The van der Waals surface area contributed by atoms with Crippen molar-refractivity contribution in [3.05, 3.63) is 35.0 Å². The largest absolute Gasteiger partial charge is 0.464 e. The minimum absolute atomic E-state index is 0.362. The minimum atomic E-state index is -0.937. The maximum atomic E-state index is 11.6. The fraction of sp³-hybridized carbons (Fsp3) is 0.526. The Morgan fingerprint density at radius 2 is 2.17 bits per heavy atom. The fourth-order valence-corrected chi connectivity index (χ4v) is 4.27. The average Bonchev–Trinajstić information content (AvgIpc) is 3.00. The van der Waals surface area contributed by atoms with Crippen LogP contribution in [0.25, 0.3) is 10.9 Å². The van der Waals surface area contributed by atoms with Gasteiger partial charge in [0.25, 0.3) is 0 Å². The van der Waals surface area contributed by atoms with Crippen LogP contribution in [0.4, 0.5) is 4.79 Å². The van der Waals surface area contributed by atoms with E-state index >= 15 is 0 Å². The number of nitrogens with zero attached hydrogens (tertiary/aromatic N) is 1. The van der Waals surface area contributed by atoms with E-state index in [0.29, 0.717) is 16.9 Å². The summed E-state index contributed by atoms with van der Waals surface area (Å²) in [6.45, 7) is 4.28. The molecular weight excluding hydrogens is 324 g/mol. The highest BCUT2D eigenvalue weighted by Crippen LogP contribution is 2.40. The molecule has 24 heavy (non-hydrogen) atoms. The van der Waals surface area contributed by atoms with Crippen molar-refractivity contribution in [2.75, 3.05) is 13.1 Å². The molecule has 0 saturated carbocycles. The summed E-state index contributed by atoms with van der Waals surface area (Å²) in [7, 11) is 0. The lowest BCUT2D eigenvalue weighted by molar-refractivity contribution is 0.197. The van der Waals surface area contributed by atoms with Crippen molar-refractivity contribution in [2.45, 2.75) is 44.9 Å². The molecule has 0 amide bonds. The maximum absolute atomic E-state index is 11.6. The van der Waals surface area contributed by atoms with E-state index in [1.54, 1.807) is 6.20 Å². The second-order valence-corrected chi connectivity index (χ2v) is 7.17. The van der Waals surface area contributed by atoms with Crippen LogP contribution in [0.2, 0.25) is 5.02 Å². The highest BCUT2D eigenvalue weighted by molar-refractivity contribution is 6.31. The molecule has 1 unspecified atom stereocenters. The number of aromatic nitrogens is 1. The molecule has 0 aliphatic carbocycles. The van der Waals surface area contributed by atoms with E-state index in [-0.39, 0.29) is 0 Å². The van der Waals surface area contributed by atoms with Crippen molar-refractivity contribution in [3.63, 3.8) is 0 Å². The summed E-state index contributed by atoms with van der Waals surface area (Å²) in [6.07, 6.45) is 6.34. The van der Waals surface area contributed by atoms with Crippen LogP contribution in [0.5, 0.6) is 0 Å². The Kier molecular flexibility index (Phi) is 5.47. The SMILES string of the molecule is CCCCC(c1cc(Cl)cc2ccn(C(=O)O)c12)C1CCNCC1. The van der Waals surface area contributed by atoms with E-state index < -0.39 is 6.09 Å². The Balaban J connectivity index is 2.10. The second kappa shape index (κ2) is 7.58. The lowest BCUT2D eigenvalue weighted by Crippen LogP contribution is -2.31. The molecule has 1 atom stereocenters. The number of halogens is 1. The van der Waals surface area contributed by atoms with Crippen LogP contribution in [-0.4, -0.2) is 28.9 Å². The third kappa shape index (κ3) is 3.45. The minimum Gasteiger partial charge on any atom is -0.464 e. The standard InChI is InChI=1S/C19H25ClN2O2/c1-2-3-4-16(13-5-8-21-9-6-13)17-12-15(20)11-14-7-10-22(18(14)17)19(23)24/h7,10-13,16,21H,2-6,8-9H2,1H3,(H,23,24). The molecule has 1 aromatic carbocycles. The molecule has 1 aromatic heterocycles. The van der Waals surface area contributed by atoms with E-state index in [1.807, 2.05) is 18.2 Å². The summed E-state index contributed by atoms with van der Waals surface area (Å²) in [5.74, 6) is 0.942. The third-order valence-corrected chi connectivity index (χ3v) is 5.42. The number of rotatable bonds is 5. The zero-order valence-electron chi connectivity index (χ0n) is 14.1. The molecule has 5 heteroatoms. The maximum Gasteiger partial charge on any atom is 0.416 e. The molecule has 2 N–H and O–H groups in total. The van der Waals surface area contributed by atoms with E-state index in [1.165, 1.54) is 4.57 Å². The summed E-state index contributed by atoms with van der Waals surface area (Å²) < 4.78 is 1.35. The van der Waals surface area contributed by atoms with Crippen LogP contribution in [0.15, 0.2) is 24.4 Å². The molecule has 0 radical (unpaired) electrons. The Labute approximate surface area is 147 Å². The van der Waals surface area contributed by atoms with Gasteiger partial charge in [0.1, 0.15) is 0 Å². The zero-order valence-corrected chi connectivity index (χ0v) is 14.9. The lowest BCUT2D eigenvalue weighted by Gasteiger charge is -2.32. The van der Waals surface area contributed by atoms with Gasteiger partial charge < -0.3 is 10.4 Å². The van der Waals surface area contributed by atoms with Crippen molar-refractivity contribution < 1.29 is 9.90 Å². The molecule has 0 bridgehead atoms. The van der Waals surface area contributed by atoms with Crippen molar-refractivity contribution in [3.8, 4) is 0 Å². The quantitative estimate of drug-likeness (QED) is 0.790. The molecule has 1 saturated heterocycles. The van der Waals surface area contributed by atoms with Crippen LogP contribution in [0, 0.1) is 5.92 Å². The van der Waals surface area contributed by atoms with Crippen LogP contribution in [0.3, 0.4) is 0 Å². The van der Waals surface area contributed by atoms with Gasteiger partial charge in [0, 0.05) is 16.6 Å². The summed E-state index contributed by atoms with van der Waals surface area (Å²) in [4.78, 5) is 11.6. The summed E-state index contributed by atoms with van der Waals surface area (Å²) in [5, 5.41) is 14.6. The van der Waals surface area contributed by atoms with Gasteiger partial charge in [-0.05, 0) is 68.0 Å². The van der Waals surface area contributed by atoms with Gasteiger partial charge in [0.05, 0.1) is 5.52 Å². The summed E-state index contributed by atoms with van der Waals surface area (Å²) in [5.41, 5.74) is 1.91. The number of nitrogens with one attached hydrogen (secondary N) is 1. The number of hydrogen-bond acceptors (Lipinski definition) is 2. The van der Waals surface area contributed by atoms with Crippen molar-refractivity contribution in [2.24, 2.45) is 5.92 Å². The van der Waals surface area contributed by atoms with Crippen LogP contribution < -0.4 is 5.32 Å². The number of piperidine rings is 1. The van der Waals surface area contributed by atoms with Gasteiger partial charge in [-0.15, -0.1) is 0 Å². The number of unbranched alkanes of at least 4 members (excludes halogenated alkanes) is 1. The molecular formula is C19H25ClN2O2. The van der Waals surface area contributed by atoms with Crippen LogP contribution in [0.1, 0.15) is 50.5 Å². The summed E-state index contributed by atoms with van der Waals surface area (Å²) in [6, 6.07) is 5.70. The van der Waals surface area contributed by atoms with Gasteiger partial charge in [-0.25, -0.2) is 4.79 Å². The number of benzene rings is 1. The highest BCUT2D eigenvalue weighted by Gasteiger charge is 2.28. The summed E-state index contributed by atoms with van der Waals surface area (Å²) >= 11 is 6.36.